The number of aliphatic hydroxyl groups is 1. The molecule has 1 aromatic rings. The molecular formula is C12H15IO2. The standard InChI is InChI=1S/C12H15IO2/c1-12(14,10-6-7-15-8-10)9-2-4-11(13)5-3-9/h2-5,10,14H,6-8H2,1H3. The molecule has 0 bridgehead atoms. The van der Waals surface area contributed by atoms with Crippen molar-refractivity contribution in [2.75, 3.05) is 13.2 Å². The van der Waals surface area contributed by atoms with E-state index in [1.54, 1.807) is 0 Å². The van der Waals surface area contributed by atoms with Crippen molar-refractivity contribution in [3.63, 3.8) is 0 Å². The lowest BCUT2D eigenvalue weighted by atomic mass is 9.82. The third-order valence-electron chi connectivity index (χ3n) is 3.15. The van der Waals surface area contributed by atoms with Crippen LogP contribution in [0, 0.1) is 9.49 Å². The van der Waals surface area contributed by atoms with Gasteiger partial charge in [-0.25, -0.2) is 0 Å². The predicted octanol–water partition coefficient (Wildman–Crippen LogP) is 2.54. The van der Waals surface area contributed by atoms with E-state index in [-0.39, 0.29) is 5.92 Å². The fourth-order valence-electron chi connectivity index (χ4n) is 2.00. The highest BCUT2D eigenvalue weighted by Gasteiger charge is 2.36. The molecule has 0 radical (unpaired) electrons. The zero-order valence-electron chi connectivity index (χ0n) is 8.74. The Labute approximate surface area is 104 Å². The maximum absolute atomic E-state index is 10.5. The van der Waals surface area contributed by atoms with Crippen LogP contribution in [0.1, 0.15) is 18.9 Å². The van der Waals surface area contributed by atoms with Gasteiger partial charge in [0.25, 0.3) is 0 Å². The normalized spacial score (nSPS) is 25.1. The molecule has 1 aliphatic rings. The highest BCUT2D eigenvalue weighted by Crippen LogP contribution is 2.34. The van der Waals surface area contributed by atoms with E-state index in [0.717, 1.165) is 18.6 Å². The van der Waals surface area contributed by atoms with Gasteiger partial charge in [-0.1, -0.05) is 12.1 Å². The Bertz CT molecular complexity index is 326. The zero-order chi connectivity index (χ0) is 10.9. The van der Waals surface area contributed by atoms with Gasteiger partial charge in [-0.3, -0.25) is 0 Å². The average molecular weight is 318 g/mol. The van der Waals surface area contributed by atoms with Crippen LogP contribution in [0.15, 0.2) is 24.3 Å². The topological polar surface area (TPSA) is 29.5 Å². The summed E-state index contributed by atoms with van der Waals surface area (Å²) in [5, 5.41) is 10.5. The molecule has 0 spiro atoms. The number of rotatable bonds is 2. The molecule has 15 heavy (non-hydrogen) atoms. The highest BCUT2D eigenvalue weighted by molar-refractivity contribution is 14.1. The summed E-state index contributed by atoms with van der Waals surface area (Å²) < 4.78 is 6.52. The van der Waals surface area contributed by atoms with Gasteiger partial charge in [0.1, 0.15) is 0 Å². The quantitative estimate of drug-likeness (QED) is 0.849. The van der Waals surface area contributed by atoms with E-state index in [2.05, 4.69) is 22.6 Å². The number of halogens is 1. The van der Waals surface area contributed by atoms with Gasteiger partial charge in [-0.15, -0.1) is 0 Å². The minimum absolute atomic E-state index is 0.220. The molecule has 3 heteroatoms. The number of ether oxygens (including phenoxy) is 1. The van der Waals surface area contributed by atoms with Gasteiger partial charge in [-0.05, 0) is 53.6 Å². The van der Waals surface area contributed by atoms with E-state index >= 15 is 0 Å². The maximum Gasteiger partial charge on any atom is 0.0919 e. The van der Waals surface area contributed by atoms with E-state index in [4.69, 9.17) is 4.74 Å². The van der Waals surface area contributed by atoms with Crippen LogP contribution in [0.4, 0.5) is 0 Å². The van der Waals surface area contributed by atoms with E-state index in [1.165, 1.54) is 3.57 Å². The van der Waals surface area contributed by atoms with Crippen LogP contribution in [-0.4, -0.2) is 18.3 Å². The molecule has 2 rings (SSSR count). The molecule has 2 unspecified atom stereocenters. The summed E-state index contributed by atoms with van der Waals surface area (Å²) in [4.78, 5) is 0. The Hall–Kier alpha value is -0.130. The lowest BCUT2D eigenvalue weighted by Gasteiger charge is -2.29. The van der Waals surface area contributed by atoms with Gasteiger partial charge in [-0.2, -0.15) is 0 Å². The fourth-order valence-corrected chi connectivity index (χ4v) is 2.36. The Morgan fingerprint density at radius 1 is 1.40 bits per heavy atom. The van der Waals surface area contributed by atoms with Gasteiger partial charge in [0.05, 0.1) is 12.2 Å². The molecule has 1 heterocycles. The molecule has 2 nitrogen and oxygen atoms in total. The Kier molecular flexibility index (Phi) is 3.33. The Morgan fingerprint density at radius 3 is 2.60 bits per heavy atom. The lowest BCUT2D eigenvalue weighted by molar-refractivity contribution is -0.00972. The molecule has 0 saturated carbocycles. The molecule has 1 aromatic carbocycles. The Morgan fingerprint density at radius 2 is 2.07 bits per heavy atom. The summed E-state index contributed by atoms with van der Waals surface area (Å²) in [6, 6.07) is 8.06. The van der Waals surface area contributed by atoms with Crippen LogP contribution >= 0.6 is 22.6 Å². The van der Waals surface area contributed by atoms with Crippen molar-refractivity contribution in [3.05, 3.63) is 33.4 Å². The maximum atomic E-state index is 10.5. The van der Waals surface area contributed by atoms with Gasteiger partial charge < -0.3 is 9.84 Å². The van der Waals surface area contributed by atoms with E-state index in [9.17, 15) is 5.11 Å². The third kappa shape index (κ3) is 2.34. The highest BCUT2D eigenvalue weighted by atomic mass is 127. The SMILES string of the molecule is CC(O)(c1ccc(I)cc1)C1CCOC1. The smallest absolute Gasteiger partial charge is 0.0919 e. The molecule has 1 saturated heterocycles. The molecule has 1 fully saturated rings. The third-order valence-corrected chi connectivity index (χ3v) is 3.87. The largest absolute Gasteiger partial charge is 0.385 e. The zero-order valence-corrected chi connectivity index (χ0v) is 10.9. The lowest BCUT2D eigenvalue weighted by Crippen LogP contribution is -2.32. The molecule has 82 valence electrons. The summed E-state index contributed by atoms with van der Waals surface area (Å²) in [5.74, 6) is 0.220. The molecular weight excluding hydrogens is 303 g/mol. The van der Waals surface area contributed by atoms with Crippen molar-refractivity contribution >= 4 is 22.6 Å². The van der Waals surface area contributed by atoms with Crippen LogP contribution in [0.3, 0.4) is 0 Å². The Balaban J connectivity index is 2.23. The molecule has 1 aliphatic heterocycles. The van der Waals surface area contributed by atoms with Crippen LogP contribution in [0.2, 0.25) is 0 Å². The van der Waals surface area contributed by atoms with E-state index in [1.807, 2.05) is 31.2 Å². The van der Waals surface area contributed by atoms with Crippen molar-refractivity contribution in [2.45, 2.75) is 18.9 Å². The summed E-state index contributed by atoms with van der Waals surface area (Å²) in [7, 11) is 0. The number of hydrogen-bond acceptors (Lipinski definition) is 2. The molecule has 0 aliphatic carbocycles. The van der Waals surface area contributed by atoms with Gasteiger partial charge >= 0.3 is 0 Å². The second-order valence-electron chi connectivity index (χ2n) is 4.21. The summed E-state index contributed by atoms with van der Waals surface area (Å²) >= 11 is 2.27. The summed E-state index contributed by atoms with van der Waals surface area (Å²) in [5.41, 5.74) is 0.222. The van der Waals surface area contributed by atoms with Crippen molar-refractivity contribution in [2.24, 2.45) is 5.92 Å². The van der Waals surface area contributed by atoms with E-state index in [0.29, 0.717) is 6.61 Å². The van der Waals surface area contributed by atoms with Crippen molar-refractivity contribution in [1.29, 1.82) is 0 Å². The first kappa shape index (κ1) is 11.4. The molecule has 0 amide bonds. The van der Waals surface area contributed by atoms with Crippen LogP contribution < -0.4 is 0 Å². The minimum Gasteiger partial charge on any atom is -0.385 e. The first-order valence-electron chi connectivity index (χ1n) is 5.17. The van der Waals surface area contributed by atoms with Crippen LogP contribution in [0.5, 0.6) is 0 Å². The summed E-state index contributed by atoms with van der Waals surface area (Å²) in [6.07, 6.45) is 0.943. The van der Waals surface area contributed by atoms with Gasteiger partial charge in [0, 0.05) is 16.1 Å². The first-order valence-corrected chi connectivity index (χ1v) is 6.25. The van der Waals surface area contributed by atoms with Crippen molar-refractivity contribution in [3.8, 4) is 0 Å². The van der Waals surface area contributed by atoms with Crippen molar-refractivity contribution in [1.82, 2.24) is 0 Å². The first-order chi connectivity index (χ1) is 7.10. The van der Waals surface area contributed by atoms with E-state index < -0.39 is 5.60 Å². The molecule has 0 aromatic heterocycles. The summed E-state index contributed by atoms with van der Waals surface area (Å²) in [6.45, 7) is 3.32. The molecule has 2 atom stereocenters. The second kappa shape index (κ2) is 4.39. The number of hydrogen-bond donors (Lipinski definition) is 1. The van der Waals surface area contributed by atoms with Crippen LogP contribution in [0.25, 0.3) is 0 Å². The molecule has 1 N–H and O–H groups in total. The predicted molar refractivity (Wildman–Crippen MR) is 67.7 cm³/mol. The van der Waals surface area contributed by atoms with Crippen molar-refractivity contribution < 1.29 is 9.84 Å². The number of benzene rings is 1. The second-order valence-corrected chi connectivity index (χ2v) is 5.46. The van der Waals surface area contributed by atoms with Gasteiger partial charge in [0.2, 0.25) is 0 Å². The van der Waals surface area contributed by atoms with Gasteiger partial charge in [0.15, 0.2) is 0 Å². The minimum atomic E-state index is -0.763. The average Bonchev–Trinajstić information content (AvgIpc) is 2.71. The monoisotopic (exact) mass is 318 g/mol. The van der Waals surface area contributed by atoms with Crippen LogP contribution in [-0.2, 0) is 10.3 Å². The fraction of sp³-hybridized carbons (Fsp3) is 0.500.